The van der Waals surface area contributed by atoms with E-state index in [9.17, 15) is 4.79 Å². The molecule has 0 fully saturated rings. The average Bonchev–Trinajstić information content (AvgIpc) is 2.84. The number of aromatic nitrogens is 2. The van der Waals surface area contributed by atoms with Crippen molar-refractivity contribution >= 4 is 28.5 Å². The van der Waals surface area contributed by atoms with Crippen molar-refractivity contribution in [3.8, 4) is 5.75 Å². The van der Waals surface area contributed by atoms with Crippen molar-refractivity contribution in [2.24, 2.45) is 0 Å². The van der Waals surface area contributed by atoms with E-state index in [1.54, 1.807) is 7.11 Å². The van der Waals surface area contributed by atoms with Gasteiger partial charge >= 0.3 is 0 Å². The van der Waals surface area contributed by atoms with Gasteiger partial charge in [0.05, 0.1) is 18.5 Å². The third kappa shape index (κ3) is 2.45. The highest BCUT2D eigenvalue weighted by molar-refractivity contribution is 6.17. The second-order valence-electron chi connectivity index (χ2n) is 4.43. The van der Waals surface area contributed by atoms with Gasteiger partial charge in [0.2, 0.25) is 5.91 Å². The van der Waals surface area contributed by atoms with Gasteiger partial charge in [0.25, 0.3) is 0 Å². The van der Waals surface area contributed by atoms with Gasteiger partial charge in [0.1, 0.15) is 23.1 Å². The fraction of sp³-hybridized carbons (Fsp3) is 0.429. The van der Waals surface area contributed by atoms with Crippen LogP contribution >= 0.6 is 11.6 Å². The Labute approximate surface area is 122 Å². The smallest absolute Gasteiger partial charge is 0.242 e. The normalized spacial score (nSPS) is 12.4. The predicted octanol–water partition coefficient (Wildman–Crippen LogP) is 2.48. The molecule has 1 heterocycles. The molecule has 0 saturated heterocycles. The topological polar surface area (TPSA) is 56.2 Å². The zero-order valence-electron chi connectivity index (χ0n) is 11.8. The van der Waals surface area contributed by atoms with E-state index in [-0.39, 0.29) is 17.8 Å². The van der Waals surface area contributed by atoms with Crippen LogP contribution in [0.3, 0.4) is 0 Å². The molecule has 2 rings (SSSR count). The molecule has 1 aromatic carbocycles. The van der Waals surface area contributed by atoms with Gasteiger partial charge in [-0.3, -0.25) is 4.79 Å². The first-order chi connectivity index (χ1) is 9.63. The van der Waals surface area contributed by atoms with E-state index < -0.39 is 0 Å². The zero-order chi connectivity index (χ0) is 14.7. The van der Waals surface area contributed by atoms with Crippen LogP contribution < -0.4 is 10.1 Å². The van der Waals surface area contributed by atoms with Gasteiger partial charge < -0.3 is 14.6 Å². The fourth-order valence-electron chi connectivity index (χ4n) is 2.27. The lowest BCUT2D eigenvalue weighted by molar-refractivity contribution is -0.123. The second kappa shape index (κ2) is 6.13. The molecule has 0 saturated carbocycles. The molecule has 1 aromatic heterocycles. The maximum atomic E-state index is 12.1. The van der Waals surface area contributed by atoms with Gasteiger partial charge in [0, 0.05) is 6.54 Å². The number of fused-ring (bicyclic) bond motifs is 1. The molecule has 6 heteroatoms. The SMILES string of the molecule is CCNC(=O)C(C)n1c(CCl)nc2c(OC)cccc21. The zero-order valence-corrected chi connectivity index (χ0v) is 12.6. The van der Waals surface area contributed by atoms with Gasteiger partial charge in [-0.15, -0.1) is 11.6 Å². The summed E-state index contributed by atoms with van der Waals surface area (Å²) in [6, 6.07) is 5.26. The highest BCUT2D eigenvalue weighted by atomic mass is 35.5. The number of rotatable bonds is 5. The Morgan fingerprint density at radius 2 is 2.30 bits per heavy atom. The molecule has 0 spiro atoms. The van der Waals surface area contributed by atoms with Crippen LogP contribution in [-0.2, 0) is 10.7 Å². The highest BCUT2D eigenvalue weighted by Gasteiger charge is 2.21. The van der Waals surface area contributed by atoms with Gasteiger partial charge in [-0.05, 0) is 26.0 Å². The Balaban J connectivity index is 2.59. The number of methoxy groups -OCH3 is 1. The van der Waals surface area contributed by atoms with E-state index in [2.05, 4.69) is 10.3 Å². The van der Waals surface area contributed by atoms with Crippen molar-refractivity contribution < 1.29 is 9.53 Å². The Bertz CT molecular complexity index is 624. The number of imidazole rings is 1. The van der Waals surface area contributed by atoms with Crippen molar-refractivity contribution in [3.63, 3.8) is 0 Å². The molecule has 5 nitrogen and oxygen atoms in total. The molecule has 0 aliphatic carbocycles. The molecular weight excluding hydrogens is 278 g/mol. The second-order valence-corrected chi connectivity index (χ2v) is 4.70. The van der Waals surface area contributed by atoms with E-state index in [0.29, 0.717) is 18.1 Å². The predicted molar refractivity (Wildman–Crippen MR) is 79.2 cm³/mol. The Morgan fingerprint density at radius 3 is 2.90 bits per heavy atom. The molecular formula is C14H18ClN3O2. The molecule has 0 bridgehead atoms. The molecule has 1 unspecified atom stereocenters. The minimum Gasteiger partial charge on any atom is -0.494 e. The van der Waals surface area contributed by atoms with Crippen LogP contribution in [0.4, 0.5) is 0 Å². The molecule has 0 aliphatic heterocycles. The van der Waals surface area contributed by atoms with Crippen LogP contribution in [0.15, 0.2) is 18.2 Å². The van der Waals surface area contributed by atoms with Crippen LogP contribution in [0.2, 0.25) is 0 Å². The number of para-hydroxylation sites is 1. The van der Waals surface area contributed by atoms with Crippen LogP contribution in [0.1, 0.15) is 25.7 Å². The summed E-state index contributed by atoms with van der Waals surface area (Å²) in [5, 5.41) is 2.82. The van der Waals surface area contributed by atoms with Crippen LogP contribution in [-0.4, -0.2) is 29.1 Å². The molecule has 1 atom stereocenters. The third-order valence-electron chi connectivity index (χ3n) is 3.21. The summed E-state index contributed by atoms with van der Waals surface area (Å²) in [6.07, 6.45) is 0. The Kier molecular flexibility index (Phi) is 4.49. The first kappa shape index (κ1) is 14.7. The lowest BCUT2D eigenvalue weighted by Crippen LogP contribution is -2.31. The third-order valence-corrected chi connectivity index (χ3v) is 3.45. The van der Waals surface area contributed by atoms with E-state index in [4.69, 9.17) is 16.3 Å². The summed E-state index contributed by atoms with van der Waals surface area (Å²) < 4.78 is 7.17. The van der Waals surface area contributed by atoms with Gasteiger partial charge in [-0.25, -0.2) is 4.98 Å². The minimum atomic E-state index is -0.374. The van der Waals surface area contributed by atoms with Gasteiger partial charge in [0.15, 0.2) is 0 Å². The number of carbonyl (C=O) groups is 1. The number of likely N-dealkylation sites (N-methyl/N-ethyl adjacent to an activating group) is 1. The van der Waals surface area contributed by atoms with E-state index in [1.165, 1.54) is 0 Å². The first-order valence-electron chi connectivity index (χ1n) is 6.51. The summed E-state index contributed by atoms with van der Waals surface area (Å²) in [5.74, 6) is 1.52. The number of nitrogens with one attached hydrogen (secondary N) is 1. The number of alkyl halides is 1. The first-order valence-corrected chi connectivity index (χ1v) is 7.05. The minimum absolute atomic E-state index is 0.0546. The summed E-state index contributed by atoms with van der Waals surface area (Å²) >= 11 is 5.97. The maximum Gasteiger partial charge on any atom is 0.242 e. The molecule has 2 aromatic rings. The Morgan fingerprint density at radius 1 is 1.55 bits per heavy atom. The number of amides is 1. The van der Waals surface area contributed by atoms with E-state index in [0.717, 1.165) is 11.0 Å². The van der Waals surface area contributed by atoms with Crippen molar-refractivity contribution in [1.29, 1.82) is 0 Å². The average molecular weight is 296 g/mol. The number of benzene rings is 1. The van der Waals surface area contributed by atoms with Gasteiger partial charge in [-0.1, -0.05) is 6.07 Å². The lowest BCUT2D eigenvalue weighted by Gasteiger charge is -2.16. The van der Waals surface area contributed by atoms with Crippen molar-refractivity contribution in [2.45, 2.75) is 25.8 Å². The summed E-state index contributed by atoms with van der Waals surface area (Å²) in [5.41, 5.74) is 1.57. The monoisotopic (exact) mass is 295 g/mol. The highest BCUT2D eigenvalue weighted by Crippen LogP contribution is 2.29. The number of hydrogen-bond acceptors (Lipinski definition) is 3. The molecule has 1 N–H and O–H groups in total. The van der Waals surface area contributed by atoms with E-state index >= 15 is 0 Å². The fourth-order valence-corrected chi connectivity index (χ4v) is 2.46. The number of nitrogens with zero attached hydrogens (tertiary/aromatic N) is 2. The van der Waals surface area contributed by atoms with Crippen LogP contribution in [0.5, 0.6) is 5.75 Å². The number of carbonyl (C=O) groups excluding carboxylic acids is 1. The number of ether oxygens (including phenoxy) is 1. The quantitative estimate of drug-likeness (QED) is 0.862. The molecule has 20 heavy (non-hydrogen) atoms. The molecule has 0 radical (unpaired) electrons. The summed E-state index contributed by atoms with van der Waals surface area (Å²) in [7, 11) is 1.60. The standard InChI is InChI=1S/C14H18ClN3O2/c1-4-16-14(19)9(2)18-10-6-5-7-11(20-3)13(10)17-12(18)8-15/h5-7,9H,4,8H2,1-3H3,(H,16,19). The summed E-state index contributed by atoms with van der Waals surface area (Å²) in [4.78, 5) is 16.6. The Hall–Kier alpha value is -1.75. The van der Waals surface area contributed by atoms with Crippen LogP contribution in [0, 0.1) is 0 Å². The maximum absolute atomic E-state index is 12.1. The number of halogens is 1. The van der Waals surface area contributed by atoms with Crippen molar-refractivity contribution in [2.75, 3.05) is 13.7 Å². The largest absolute Gasteiger partial charge is 0.494 e. The van der Waals surface area contributed by atoms with E-state index in [1.807, 2.05) is 36.6 Å². The molecule has 0 aliphatic rings. The van der Waals surface area contributed by atoms with Crippen LogP contribution in [0.25, 0.3) is 11.0 Å². The van der Waals surface area contributed by atoms with Crippen molar-refractivity contribution in [1.82, 2.24) is 14.9 Å². The van der Waals surface area contributed by atoms with Crippen molar-refractivity contribution in [3.05, 3.63) is 24.0 Å². The molecule has 1 amide bonds. The summed E-state index contributed by atoms with van der Waals surface area (Å²) in [6.45, 7) is 4.32. The molecule has 108 valence electrons. The van der Waals surface area contributed by atoms with Gasteiger partial charge in [-0.2, -0.15) is 0 Å². The lowest BCUT2D eigenvalue weighted by atomic mass is 10.2. The number of hydrogen-bond donors (Lipinski definition) is 1.